The van der Waals surface area contributed by atoms with Gasteiger partial charge in [0.15, 0.2) is 0 Å². The van der Waals surface area contributed by atoms with E-state index in [2.05, 4.69) is 11.8 Å². The lowest BCUT2D eigenvalue weighted by molar-refractivity contribution is 0.0905. The third-order valence-electron chi connectivity index (χ3n) is 5.30. The zero-order chi connectivity index (χ0) is 24.3. The van der Waals surface area contributed by atoms with Crippen molar-refractivity contribution in [3.05, 3.63) is 23.8 Å². The van der Waals surface area contributed by atoms with Crippen LogP contribution in [0.4, 0.5) is 0 Å². The van der Waals surface area contributed by atoms with E-state index >= 15 is 0 Å². The lowest BCUT2D eigenvalue weighted by Crippen LogP contribution is -2.50. The molecule has 1 N–H and O–H groups in total. The number of ether oxygens (including phenoxy) is 1. The zero-order valence-corrected chi connectivity index (χ0v) is 21.1. The number of fused-ring (bicyclic) bond motifs is 1. The Bertz CT molecular complexity index is 1080. The maximum absolute atomic E-state index is 13.4. The maximum atomic E-state index is 13.4. The molecule has 0 radical (unpaired) electrons. The highest BCUT2D eigenvalue weighted by atomic mass is 32.2. The fourth-order valence-electron chi connectivity index (χ4n) is 3.21. The molecule has 0 saturated carbocycles. The number of aliphatic hydroxyl groups excluding tert-OH is 1. The van der Waals surface area contributed by atoms with E-state index in [0.29, 0.717) is 12.1 Å². The van der Waals surface area contributed by atoms with Gasteiger partial charge in [0.25, 0.3) is 0 Å². The predicted octanol–water partition coefficient (Wildman–Crippen LogP) is 0.260. The van der Waals surface area contributed by atoms with Crippen molar-refractivity contribution in [3.8, 4) is 17.6 Å². The highest BCUT2D eigenvalue weighted by Gasteiger charge is 2.38. The lowest BCUT2D eigenvalue weighted by atomic mass is 10.0. The van der Waals surface area contributed by atoms with Crippen LogP contribution < -0.4 is 4.74 Å². The Hall–Kier alpha value is -1.68. The quantitative estimate of drug-likeness (QED) is 0.574. The Morgan fingerprint density at radius 3 is 2.53 bits per heavy atom. The van der Waals surface area contributed by atoms with Crippen LogP contribution in [0.25, 0.3) is 0 Å². The average Bonchev–Trinajstić information content (AvgIpc) is 2.68. The zero-order valence-electron chi connectivity index (χ0n) is 19.4. The highest BCUT2D eigenvalue weighted by molar-refractivity contribution is 7.89. The summed E-state index contributed by atoms with van der Waals surface area (Å²) in [7, 11) is -2.17. The number of hydrogen-bond acceptors (Lipinski definition) is 7. The van der Waals surface area contributed by atoms with Crippen molar-refractivity contribution < 1.29 is 26.7 Å². The summed E-state index contributed by atoms with van der Waals surface area (Å²) in [6.07, 6.45) is 0.500. The minimum absolute atomic E-state index is 0.0325. The van der Waals surface area contributed by atoms with Crippen molar-refractivity contribution in [2.45, 2.75) is 30.9 Å². The number of aliphatic hydroxyl groups is 1. The van der Waals surface area contributed by atoms with Crippen LogP contribution in [0, 0.1) is 17.8 Å². The molecule has 11 heteroatoms. The van der Waals surface area contributed by atoms with Gasteiger partial charge in [0.05, 0.1) is 26.0 Å². The molecule has 0 spiro atoms. The molecule has 2 rings (SSSR count). The summed E-state index contributed by atoms with van der Waals surface area (Å²) in [4.78, 5) is 1.88. The first kappa shape index (κ1) is 26.6. The van der Waals surface area contributed by atoms with Gasteiger partial charge in [-0.1, -0.05) is 18.8 Å². The normalized spacial score (nSPS) is 22.3. The standard InChI is InChI=1S/C21H33N3O6S2/c1-16-13-24(17(2)15-25)32(28,29)21-10-9-18(8-7-11-22(3)4)12-19(21)30-20(16)14-23(5)31(6,26)27/h9-10,12,16-17,20,25H,11,13-15H2,1-6H3/t16-,17+,20-/m0/s1. The lowest BCUT2D eigenvalue weighted by Gasteiger charge is -2.37. The van der Waals surface area contributed by atoms with E-state index in [4.69, 9.17) is 4.74 Å². The predicted molar refractivity (Wildman–Crippen MR) is 123 cm³/mol. The van der Waals surface area contributed by atoms with Gasteiger partial charge in [-0.15, -0.1) is 0 Å². The van der Waals surface area contributed by atoms with Gasteiger partial charge in [-0.05, 0) is 39.2 Å². The van der Waals surface area contributed by atoms with Gasteiger partial charge in [0.2, 0.25) is 20.0 Å². The van der Waals surface area contributed by atoms with Gasteiger partial charge in [0, 0.05) is 31.1 Å². The molecular formula is C21H33N3O6S2. The fraction of sp³-hybridized carbons (Fsp3) is 0.619. The first-order valence-electron chi connectivity index (χ1n) is 10.3. The van der Waals surface area contributed by atoms with Crippen molar-refractivity contribution in [1.29, 1.82) is 0 Å². The van der Waals surface area contributed by atoms with Crippen LogP contribution >= 0.6 is 0 Å². The molecule has 0 aromatic heterocycles. The van der Waals surface area contributed by atoms with Gasteiger partial charge in [0.1, 0.15) is 16.7 Å². The van der Waals surface area contributed by atoms with E-state index in [0.717, 1.165) is 6.26 Å². The van der Waals surface area contributed by atoms with Gasteiger partial charge in [-0.25, -0.2) is 21.1 Å². The summed E-state index contributed by atoms with van der Waals surface area (Å²) in [5.74, 6) is 5.78. The van der Waals surface area contributed by atoms with E-state index in [1.165, 1.54) is 21.7 Å². The second kappa shape index (κ2) is 10.5. The van der Waals surface area contributed by atoms with E-state index in [1.54, 1.807) is 26.0 Å². The molecule has 1 aromatic carbocycles. The number of sulfonamides is 2. The molecule has 0 amide bonds. The van der Waals surface area contributed by atoms with Crippen LogP contribution in [-0.2, 0) is 20.0 Å². The van der Waals surface area contributed by atoms with E-state index in [1.807, 2.05) is 19.0 Å². The molecule has 32 heavy (non-hydrogen) atoms. The molecule has 1 aliphatic rings. The van der Waals surface area contributed by atoms with Gasteiger partial charge in [-0.3, -0.25) is 4.90 Å². The Balaban J connectivity index is 2.59. The average molecular weight is 488 g/mol. The molecule has 0 saturated heterocycles. The first-order valence-corrected chi connectivity index (χ1v) is 13.5. The van der Waals surface area contributed by atoms with Crippen molar-refractivity contribution in [2.75, 3.05) is 53.6 Å². The Labute approximate surface area is 192 Å². The minimum Gasteiger partial charge on any atom is -0.487 e. The first-order chi connectivity index (χ1) is 14.8. The van der Waals surface area contributed by atoms with E-state index in [-0.39, 0.29) is 36.3 Å². The molecule has 1 aromatic rings. The largest absolute Gasteiger partial charge is 0.487 e. The smallest absolute Gasteiger partial charge is 0.247 e. The van der Waals surface area contributed by atoms with E-state index in [9.17, 15) is 21.9 Å². The third kappa shape index (κ3) is 6.43. The van der Waals surface area contributed by atoms with Gasteiger partial charge in [-0.2, -0.15) is 4.31 Å². The van der Waals surface area contributed by atoms with Gasteiger partial charge < -0.3 is 9.84 Å². The Kier molecular flexibility index (Phi) is 8.72. The van der Waals surface area contributed by atoms with Crippen LogP contribution in [0.15, 0.2) is 23.1 Å². The molecule has 180 valence electrons. The molecule has 1 heterocycles. The van der Waals surface area contributed by atoms with Crippen LogP contribution in [0.3, 0.4) is 0 Å². The Morgan fingerprint density at radius 1 is 1.31 bits per heavy atom. The number of rotatable bonds is 6. The second-order valence-corrected chi connectivity index (χ2v) is 12.4. The van der Waals surface area contributed by atoms with Crippen molar-refractivity contribution in [3.63, 3.8) is 0 Å². The van der Waals surface area contributed by atoms with Crippen LogP contribution in [-0.4, -0.2) is 101 Å². The number of hydrogen-bond donors (Lipinski definition) is 1. The molecule has 3 atom stereocenters. The molecular weight excluding hydrogens is 454 g/mol. The molecule has 1 aliphatic heterocycles. The summed E-state index contributed by atoms with van der Waals surface area (Å²) in [6.45, 7) is 3.76. The molecule has 0 fully saturated rings. The third-order valence-corrected chi connectivity index (χ3v) is 8.60. The van der Waals surface area contributed by atoms with Crippen molar-refractivity contribution in [1.82, 2.24) is 13.5 Å². The summed E-state index contributed by atoms with van der Waals surface area (Å²) < 4.78 is 59.3. The monoisotopic (exact) mass is 487 g/mol. The number of benzene rings is 1. The molecule has 9 nitrogen and oxygen atoms in total. The van der Waals surface area contributed by atoms with Crippen molar-refractivity contribution >= 4 is 20.0 Å². The molecule has 0 bridgehead atoms. The second-order valence-electron chi connectivity index (χ2n) is 8.48. The number of nitrogens with zero attached hydrogens (tertiary/aromatic N) is 3. The summed E-state index contributed by atoms with van der Waals surface area (Å²) >= 11 is 0. The van der Waals surface area contributed by atoms with E-state index < -0.39 is 32.2 Å². The van der Waals surface area contributed by atoms with Crippen molar-refractivity contribution in [2.24, 2.45) is 5.92 Å². The number of likely N-dealkylation sites (N-methyl/N-ethyl adjacent to an activating group) is 1. The van der Waals surface area contributed by atoms with Crippen LogP contribution in [0.1, 0.15) is 19.4 Å². The summed E-state index contributed by atoms with van der Waals surface area (Å²) in [6, 6.07) is 3.99. The van der Waals surface area contributed by atoms with Gasteiger partial charge >= 0.3 is 0 Å². The minimum atomic E-state index is -3.96. The van der Waals surface area contributed by atoms with Crippen LogP contribution in [0.2, 0.25) is 0 Å². The SMILES string of the molecule is C[C@H](CO)N1C[C@H](C)[C@H](CN(C)S(C)(=O)=O)Oc2cc(C#CCN(C)C)ccc2S1(=O)=O. The Morgan fingerprint density at radius 2 is 1.97 bits per heavy atom. The summed E-state index contributed by atoms with van der Waals surface area (Å²) in [5.41, 5.74) is 0.589. The molecule has 0 aliphatic carbocycles. The summed E-state index contributed by atoms with van der Waals surface area (Å²) in [5, 5.41) is 9.67. The van der Waals surface area contributed by atoms with Crippen LogP contribution in [0.5, 0.6) is 5.75 Å². The topological polar surface area (TPSA) is 107 Å². The maximum Gasteiger partial charge on any atom is 0.247 e. The fourth-order valence-corrected chi connectivity index (χ4v) is 5.45. The molecule has 0 unspecified atom stereocenters. The highest BCUT2D eigenvalue weighted by Crippen LogP contribution is 2.34.